The van der Waals surface area contributed by atoms with Gasteiger partial charge < -0.3 is 19.5 Å². The number of hydrogen-bond acceptors (Lipinski definition) is 7. The summed E-state index contributed by atoms with van der Waals surface area (Å²) in [6.45, 7) is 4.62. The maximum atomic E-state index is 5.83. The Bertz CT molecular complexity index is 776. The lowest BCUT2D eigenvalue weighted by molar-refractivity contribution is 0.348. The SMILES string of the molecule is CCNC(=S)N/N=C/c1c(C)cccc1Oc1nc(OC)cc(OC)n1. The quantitative estimate of drug-likeness (QED) is 0.433. The largest absolute Gasteiger partial charge is 0.481 e. The monoisotopic (exact) mass is 375 g/mol. The van der Waals surface area contributed by atoms with Gasteiger partial charge in [-0.25, -0.2) is 0 Å². The van der Waals surface area contributed by atoms with Crippen LogP contribution in [0.25, 0.3) is 0 Å². The third-order valence-corrected chi connectivity index (χ3v) is 3.49. The fourth-order valence-corrected chi connectivity index (χ4v) is 2.20. The Hall–Kier alpha value is -2.94. The standard InChI is InChI=1S/C17H21N5O3S/c1-5-18-17(26)22-19-10-12-11(2)7-6-8-13(12)25-16-20-14(23-3)9-15(21-16)24-4/h6-10H,5H2,1-4H3,(H2,18,22,26)/b19-10+. The lowest BCUT2D eigenvalue weighted by Crippen LogP contribution is -2.31. The van der Waals surface area contributed by atoms with E-state index in [1.807, 2.05) is 26.0 Å². The van der Waals surface area contributed by atoms with Crippen molar-refractivity contribution in [1.29, 1.82) is 0 Å². The minimum Gasteiger partial charge on any atom is -0.481 e. The van der Waals surface area contributed by atoms with Gasteiger partial charge in [-0.1, -0.05) is 12.1 Å². The Morgan fingerprint density at radius 3 is 2.54 bits per heavy atom. The Kier molecular flexibility index (Phi) is 7.10. The molecule has 0 spiro atoms. The van der Waals surface area contributed by atoms with Gasteiger partial charge in [0.1, 0.15) is 5.75 Å². The summed E-state index contributed by atoms with van der Waals surface area (Å²) >= 11 is 5.08. The number of aryl methyl sites for hydroxylation is 1. The molecule has 0 aliphatic heterocycles. The summed E-state index contributed by atoms with van der Waals surface area (Å²) < 4.78 is 16.1. The molecule has 26 heavy (non-hydrogen) atoms. The van der Waals surface area contributed by atoms with Crippen LogP contribution in [-0.4, -0.2) is 42.1 Å². The van der Waals surface area contributed by atoms with Crippen molar-refractivity contribution in [3.05, 3.63) is 35.4 Å². The first-order chi connectivity index (χ1) is 12.6. The van der Waals surface area contributed by atoms with Crippen molar-refractivity contribution < 1.29 is 14.2 Å². The van der Waals surface area contributed by atoms with Crippen LogP contribution in [0.2, 0.25) is 0 Å². The molecule has 1 aromatic heterocycles. The van der Waals surface area contributed by atoms with Crippen molar-refractivity contribution >= 4 is 23.5 Å². The Labute approximate surface area is 157 Å². The fourth-order valence-electron chi connectivity index (χ4n) is 2.00. The number of nitrogens with one attached hydrogen (secondary N) is 2. The first-order valence-corrected chi connectivity index (χ1v) is 8.29. The first-order valence-electron chi connectivity index (χ1n) is 7.88. The average molecular weight is 375 g/mol. The molecule has 0 radical (unpaired) electrons. The van der Waals surface area contributed by atoms with Crippen molar-refractivity contribution in [2.75, 3.05) is 20.8 Å². The van der Waals surface area contributed by atoms with Gasteiger partial charge >= 0.3 is 6.01 Å². The number of benzene rings is 1. The lowest BCUT2D eigenvalue weighted by Gasteiger charge is -2.11. The number of aromatic nitrogens is 2. The lowest BCUT2D eigenvalue weighted by atomic mass is 10.1. The van der Waals surface area contributed by atoms with Crippen LogP contribution in [0.1, 0.15) is 18.1 Å². The predicted octanol–water partition coefficient (Wildman–Crippen LogP) is 2.41. The molecule has 0 bridgehead atoms. The van der Waals surface area contributed by atoms with E-state index >= 15 is 0 Å². The topological polar surface area (TPSA) is 89.9 Å². The van der Waals surface area contributed by atoms with Gasteiger partial charge in [0.2, 0.25) is 11.8 Å². The van der Waals surface area contributed by atoms with E-state index in [1.54, 1.807) is 18.3 Å². The molecular formula is C17H21N5O3S. The Balaban J connectivity index is 2.26. The Morgan fingerprint density at radius 2 is 1.92 bits per heavy atom. The van der Waals surface area contributed by atoms with Crippen LogP contribution in [-0.2, 0) is 0 Å². The maximum absolute atomic E-state index is 5.83. The van der Waals surface area contributed by atoms with E-state index in [2.05, 4.69) is 25.8 Å². The molecule has 0 saturated heterocycles. The van der Waals surface area contributed by atoms with E-state index in [0.717, 1.165) is 17.7 Å². The van der Waals surface area contributed by atoms with Crippen molar-refractivity contribution in [3.63, 3.8) is 0 Å². The fraction of sp³-hybridized carbons (Fsp3) is 0.294. The summed E-state index contributed by atoms with van der Waals surface area (Å²) in [6.07, 6.45) is 1.63. The summed E-state index contributed by atoms with van der Waals surface area (Å²) in [7, 11) is 3.02. The second kappa shape index (κ2) is 9.52. The normalized spacial score (nSPS) is 10.5. The van der Waals surface area contributed by atoms with E-state index in [1.165, 1.54) is 14.2 Å². The molecule has 2 rings (SSSR count). The molecule has 0 aliphatic rings. The van der Waals surface area contributed by atoms with Crippen LogP contribution in [0.3, 0.4) is 0 Å². The molecule has 0 aliphatic carbocycles. The molecule has 8 nitrogen and oxygen atoms in total. The van der Waals surface area contributed by atoms with Crippen molar-refractivity contribution in [2.24, 2.45) is 5.10 Å². The molecule has 0 unspecified atom stereocenters. The zero-order valence-electron chi connectivity index (χ0n) is 15.1. The zero-order valence-corrected chi connectivity index (χ0v) is 15.9. The Morgan fingerprint density at radius 1 is 1.23 bits per heavy atom. The summed E-state index contributed by atoms with van der Waals surface area (Å²) in [6, 6.07) is 7.29. The van der Waals surface area contributed by atoms with Crippen LogP contribution in [0.4, 0.5) is 0 Å². The number of nitrogens with zero attached hydrogens (tertiary/aromatic N) is 3. The number of ether oxygens (including phenoxy) is 3. The molecule has 1 aromatic carbocycles. The third kappa shape index (κ3) is 5.28. The molecule has 9 heteroatoms. The number of hydrogen-bond donors (Lipinski definition) is 2. The van der Waals surface area contributed by atoms with Crippen LogP contribution in [0, 0.1) is 6.92 Å². The van der Waals surface area contributed by atoms with E-state index < -0.39 is 0 Å². The van der Waals surface area contributed by atoms with Crippen molar-refractivity contribution in [2.45, 2.75) is 13.8 Å². The molecule has 1 heterocycles. The van der Waals surface area contributed by atoms with Gasteiger partial charge in [-0.3, -0.25) is 5.43 Å². The van der Waals surface area contributed by atoms with Crippen molar-refractivity contribution in [1.82, 2.24) is 20.7 Å². The van der Waals surface area contributed by atoms with Crippen LogP contribution in [0.15, 0.2) is 29.4 Å². The summed E-state index contributed by atoms with van der Waals surface area (Å²) in [4.78, 5) is 8.34. The van der Waals surface area contributed by atoms with E-state index in [-0.39, 0.29) is 6.01 Å². The van der Waals surface area contributed by atoms with Gasteiger partial charge in [0.25, 0.3) is 0 Å². The summed E-state index contributed by atoms with van der Waals surface area (Å²) in [5, 5.41) is 7.54. The van der Waals surface area contributed by atoms with E-state index in [0.29, 0.717) is 22.6 Å². The van der Waals surface area contributed by atoms with Crippen LogP contribution < -0.4 is 25.0 Å². The minimum atomic E-state index is 0.109. The van der Waals surface area contributed by atoms with E-state index in [4.69, 9.17) is 26.4 Å². The van der Waals surface area contributed by atoms with Crippen LogP contribution in [0.5, 0.6) is 23.5 Å². The highest BCUT2D eigenvalue weighted by molar-refractivity contribution is 7.80. The van der Waals surface area contributed by atoms with Gasteiger partial charge in [-0.2, -0.15) is 15.1 Å². The second-order valence-electron chi connectivity index (χ2n) is 5.05. The molecule has 2 N–H and O–H groups in total. The highest BCUT2D eigenvalue weighted by Crippen LogP contribution is 2.27. The molecule has 138 valence electrons. The molecule has 0 fully saturated rings. The molecule has 2 aromatic rings. The van der Waals surface area contributed by atoms with Crippen molar-refractivity contribution in [3.8, 4) is 23.5 Å². The molecule has 0 amide bonds. The second-order valence-corrected chi connectivity index (χ2v) is 5.46. The van der Waals surface area contributed by atoms with Gasteiger partial charge in [-0.05, 0) is 37.7 Å². The number of hydrazone groups is 1. The van der Waals surface area contributed by atoms with E-state index in [9.17, 15) is 0 Å². The first kappa shape index (κ1) is 19.4. The molecule has 0 saturated carbocycles. The summed E-state index contributed by atoms with van der Waals surface area (Å²) in [5.41, 5.74) is 4.49. The summed E-state index contributed by atoms with van der Waals surface area (Å²) in [5.74, 6) is 1.22. The smallest absolute Gasteiger partial charge is 0.328 e. The third-order valence-electron chi connectivity index (χ3n) is 3.26. The highest BCUT2D eigenvalue weighted by Gasteiger charge is 2.11. The van der Waals surface area contributed by atoms with Gasteiger partial charge in [0.05, 0.1) is 26.5 Å². The average Bonchev–Trinajstić information content (AvgIpc) is 2.63. The number of thiocarbonyl (C=S) groups is 1. The highest BCUT2D eigenvalue weighted by atomic mass is 32.1. The predicted molar refractivity (Wildman–Crippen MR) is 103 cm³/mol. The zero-order chi connectivity index (χ0) is 18.9. The van der Waals surface area contributed by atoms with Gasteiger partial charge in [-0.15, -0.1) is 0 Å². The molecule has 0 atom stereocenters. The number of methoxy groups -OCH3 is 2. The minimum absolute atomic E-state index is 0.109. The number of rotatable bonds is 7. The maximum Gasteiger partial charge on any atom is 0.328 e. The van der Waals surface area contributed by atoms with Gasteiger partial charge in [0, 0.05) is 12.1 Å². The van der Waals surface area contributed by atoms with Crippen LogP contribution >= 0.6 is 12.2 Å². The van der Waals surface area contributed by atoms with Gasteiger partial charge in [0.15, 0.2) is 5.11 Å². The molecular weight excluding hydrogens is 354 g/mol.